The Morgan fingerprint density at radius 3 is 2.84 bits per heavy atom. The number of rotatable bonds is 2. The van der Waals surface area contributed by atoms with Gasteiger partial charge in [0, 0.05) is 36.5 Å². The van der Waals surface area contributed by atoms with Gasteiger partial charge in [0.2, 0.25) is 10.0 Å². The second-order valence-corrected chi connectivity index (χ2v) is 9.91. The molecule has 2 aromatic heterocycles. The van der Waals surface area contributed by atoms with Crippen LogP contribution in [0.25, 0.3) is 5.65 Å². The molecule has 0 radical (unpaired) electrons. The number of carbonyl (C=O) groups excluding carboxylic acids is 1. The van der Waals surface area contributed by atoms with Gasteiger partial charge in [0.05, 0.1) is 11.9 Å². The summed E-state index contributed by atoms with van der Waals surface area (Å²) in [5.41, 5.74) is 3.37. The molecule has 1 fully saturated rings. The Balaban J connectivity index is 1.37. The molecule has 9 nitrogen and oxygen atoms in total. The van der Waals surface area contributed by atoms with Gasteiger partial charge in [-0.05, 0) is 44.9 Å². The summed E-state index contributed by atoms with van der Waals surface area (Å²) in [5.74, 6) is -0.216. The molecule has 0 saturated carbocycles. The lowest BCUT2D eigenvalue weighted by Crippen LogP contribution is -2.54. The van der Waals surface area contributed by atoms with Crippen molar-refractivity contribution < 1.29 is 13.2 Å². The zero-order valence-corrected chi connectivity index (χ0v) is 18.2. The number of likely N-dealkylation sites (tertiary alicyclic amines) is 1. The van der Waals surface area contributed by atoms with Crippen molar-refractivity contribution >= 4 is 27.3 Å². The molecule has 1 amide bonds. The minimum absolute atomic E-state index is 0.0556. The average molecular weight is 441 g/mol. The molecule has 162 valence electrons. The van der Waals surface area contributed by atoms with Gasteiger partial charge in [-0.15, -0.1) is 0 Å². The molecule has 0 bridgehead atoms. The zero-order chi connectivity index (χ0) is 21.8. The molecule has 2 N–H and O–H groups in total. The van der Waals surface area contributed by atoms with Crippen LogP contribution in [0.15, 0.2) is 41.3 Å². The number of aryl methyl sites for hydroxylation is 2. The Bertz CT molecular complexity index is 1290. The highest BCUT2D eigenvalue weighted by molar-refractivity contribution is 7.89. The molecule has 2 aliphatic heterocycles. The van der Waals surface area contributed by atoms with Crippen LogP contribution in [-0.2, 0) is 10.0 Å². The van der Waals surface area contributed by atoms with E-state index in [0.29, 0.717) is 30.1 Å². The number of fused-ring (bicyclic) bond motifs is 2. The van der Waals surface area contributed by atoms with Gasteiger partial charge < -0.3 is 10.2 Å². The molecule has 0 aliphatic carbocycles. The van der Waals surface area contributed by atoms with Crippen LogP contribution in [0.1, 0.15) is 34.7 Å². The zero-order valence-electron chi connectivity index (χ0n) is 17.4. The quantitative estimate of drug-likeness (QED) is 0.630. The van der Waals surface area contributed by atoms with Crippen LogP contribution >= 0.6 is 0 Å². The minimum Gasteiger partial charge on any atom is -0.368 e. The monoisotopic (exact) mass is 440 g/mol. The predicted molar refractivity (Wildman–Crippen MR) is 115 cm³/mol. The van der Waals surface area contributed by atoms with E-state index in [1.807, 2.05) is 26.0 Å². The average Bonchev–Trinajstić information content (AvgIpc) is 3.17. The maximum Gasteiger partial charge on any atom is 0.274 e. The van der Waals surface area contributed by atoms with E-state index in [1.165, 1.54) is 0 Å². The fourth-order valence-corrected chi connectivity index (χ4v) is 5.87. The fourth-order valence-electron chi connectivity index (χ4n) is 4.48. The molecule has 0 unspecified atom stereocenters. The number of hydrogen-bond acceptors (Lipinski definition) is 6. The number of amides is 1. The number of benzene rings is 1. The first-order chi connectivity index (χ1) is 14.8. The summed E-state index contributed by atoms with van der Waals surface area (Å²) in [4.78, 5) is 19.6. The third-order valence-corrected chi connectivity index (χ3v) is 7.44. The van der Waals surface area contributed by atoms with E-state index in [4.69, 9.17) is 0 Å². The highest BCUT2D eigenvalue weighted by atomic mass is 32.2. The molecular formula is C21H24N6O3S. The Morgan fingerprint density at radius 1 is 1.19 bits per heavy atom. The topological polar surface area (TPSA) is 109 Å². The smallest absolute Gasteiger partial charge is 0.274 e. The third kappa shape index (κ3) is 3.55. The number of nitrogens with zero attached hydrogens (tertiary/aromatic N) is 4. The lowest BCUT2D eigenvalue weighted by molar-refractivity contribution is 0.0652. The van der Waals surface area contributed by atoms with E-state index in [1.54, 1.807) is 33.7 Å². The summed E-state index contributed by atoms with van der Waals surface area (Å²) in [6.45, 7) is 4.90. The summed E-state index contributed by atoms with van der Waals surface area (Å²) >= 11 is 0. The maximum atomic E-state index is 13.2. The van der Waals surface area contributed by atoms with Gasteiger partial charge in [0.1, 0.15) is 4.90 Å². The van der Waals surface area contributed by atoms with Crippen LogP contribution in [0.4, 0.5) is 5.69 Å². The van der Waals surface area contributed by atoms with E-state index < -0.39 is 16.2 Å². The fraction of sp³-hybridized carbons (Fsp3) is 0.381. The summed E-state index contributed by atoms with van der Waals surface area (Å²) in [7, 11) is -3.60. The molecular weight excluding hydrogens is 416 g/mol. The van der Waals surface area contributed by atoms with Crippen LogP contribution in [0.5, 0.6) is 0 Å². The van der Waals surface area contributed by atoms with Gasteiger partial charge in [-0.2, -0.15) is 9.82 Å². The van der Waals surface area contributed by atoms with Gasteiger partial charge in [-0.25, -0.2) is 17.9 Å². The first-order valence-electron chi connectivity index (χ1n) is 10.3. The first-order valence-corrected chi connectivity index (χ1v) is 11.8. The number of para-hydroxylation sites is 1. The lowest BCUT2D eigenvalue weighted by Gasteiger charge is -2.39. The number of hydrogen-bond donors (Lipinski definition) is 2. The van der Waals surface area contributed by atoms with Crippen LogP contribution in [0.3, 0.4) is 0 Å². The number of nitrogens with one attached hydrogen (secondary N) is 2. The molecule has 10 heteroatoms. The standard InChI is InChI=1S/C21H24N6O3S/c1-13-10-14(2)27-19(22-13)11-17(24-27)21(28)26-9-5-6-15(12-26)20-23-16-7-3-4-8-18(16)31(29,30)25-20/h3-4,7-8,10-11,15,20,23,25H,5-6,9,12H2,1-2H3/t15-,20-/m0/s1. The number of anilines is 1. The van der Waals surface area contributed by atoms with Crippen molar-refractivity contribution in [1.82, 2.24) is 24.2 Å². The van der Waals surface area contributed by atoms with Crippen molar-refractivity contribution in [3.05, 3.63) is 53.5 Å². The van der Waals surface area contributed by atoms with Crippen molar-refractivity contribution in [3.8, 4) is 0 Å². The Hall–Kier alpha value is -2.98. The third-order valence-electron chi connectivity index (χ3n) is 5.94. The number of carbonyl (C=O) groups is 1. The Morgan fingerprint density at radius 2 is 2.00 bits per heavy atom. The van der Waals surface area contributed by atoms with Gasteiger partial charge in [0.15, 0.2) is 11.3 Å². The van der Waals surface area contributed by atoms with Crippen molar-refractivity contribution in [2.75, 3.05) is 18.4 Å². The number of aromatic nitrogens is 3. The molecule has 1 aromatic carbocycles. The molecule has 0 spiro atoms. The molecule has 5 rings (SSSR count). The van der Waals surface area contributed by atoms with E-state index in [0.717, 1.165) is 24.2 Å². The van der Waals surface area contributed by atoms with Crippen molar-refractivity contribution in [2.45, 2.75) is 37.8 Å². The SMILES string of the molecule is Cc1cc(C)n2nc(C(=O)N3CCC[C@H]([C@H]4Nc5ccccc5S(=O)(=O)N4)C3)cc2n1. The predicted octanol–water partition coefficient (Wildman–Crippen LogP) is 1.93. The minimum atomic E-state index is -3.60. The highest BCUT2D eigenvalue weighted by Gasteiger charge is 2.37. The summed E-state index contributed by atoms with van der Waals surface area (Å²) < 4.78 is 29.8. The van der Waals surface area contributed by atoms with E-state index in [-0.39, 0.29) is 16.7 Å². The second kappa shape index (κ2) is 7.31. The molecule has 2 aliphatic rings. The molecule has 3 aromatic rings. The van der Waals surface area contributed by atoms with Crippen molar-refractivity contribution in [2.24, 2.45) is 5.92 Å². The summed E-state index contributed by atoms with van der Waals surface area (Å²) in [6, 6.07) is 10.5. The van der Waals surface area contributed by atoms with Gasteiger partial charge in [-0.1, -0.05) is 12.1 Å². The first kappa shape index (κ1) is 20.0. The summed E-state index contributed by atoms with van der Waals surface area (Å²) in [6.07, 6.45) is 1.14. The molecule has 1 saturated heterocycles. The van der Waals surface area contributed by atoms with Crippen LogP contribution < -0.4 is 10.0 Å². The van der Waals surface area contributed by atoms with E-state index in [2.05, 4.69) is 20.1 Å². The van der Waals surface area contributed by atoms with Gasteiger partial charge >= 0.3 is 0 Å². The lowest BCUT2D eigenvalue weighted by atomic mass is 9.94. The van der Waals surface area contributed by atoms with Gasteiger partial charge in [-0.3, -0.25) is 4.79 Å². The van der Waals surface area contributed by atoms with Crippen LogP contribution in [-0.4, -0.2) is 53.1 Å². The molecule has 2 atom stereocenters. The van der Waals surface area contributed by atoms with Gasteiger partial charge in [0.25, 0.3) is 5.91 Å². The van der Waals surface area contributed by atoms with Crippen LogP contribution in [0, 0.1) is 19.8 Å². The van der Waals surface area contributed by atoms with Crippen LogP contribution in [0.2, 0.25) is 0 Å². The summed E-state index contributed by atoms with van der Waals surface area (Å²) in [5, 5.41) is 7.75. The second-order valence-electron chi connectivity index (χ2n) is 8.23. The number of piperidine rings is 1. The largest absolute Gasteiger partial charge is 0.368 e. The number of sulfonamides is 1. The van der Waals surface area contributed by atoms with E-state index in [9.17, 15) is 13.2 Å². The van der Waals surface area contributed by atoms with Crippen molar-refractivity contribution in [1.29, 1.82) is 0 Å². The maximum absolute atomic E-state index is 13.2. The molecule has 4 heterocycles. The highest BCUT2D eigenvalue weighted by Crippen LogP contribution is 2.30. The Kier molecular flexibility index (Phi) is 4.71. The normalized spacial score (nSPS) is 22.7. The molecule has 31 heavy (non-hydrogen) atoms. The Labute approximate surface area is 180 Å². The van der Waals surface area contributed by atoms with Crippen molar-refractivity contribution in [3.63, 3.8) is 0 Å². The van der Waals surface area contributed by atoms with E-state index >= 15 is 0 Å².